The molecule has 0 saturated carbocycles. The molecule has 4 heteroatoms. The number of hydrogen-bond donors (Lipinski definition) is 1. The van der Waals surface area contributed by atoms with Crippen LogP contribution in [-0.4, -0.2) is 29.6 Å². The molecule has 96 valence electrons. The van der Waals surface area contributed by atoms with Gasteiger partial charge in [-0.2, -0.15) is 0 Å². The smallest absolute Gasteiger partial charge is 0.305 e. The van der Waals surface area contributed by atoms with Crippen molar-refractivity contribution in [3.8, 4) is 0 Å². The van der Waals surface area contributed by atoms with Crippen LogP contribution >= 0.6 is 15.9 Å². The maximum atomic E-state index is 11.2. The molecule has 0 spiro atoms. The Balaban J connectivity index is 3.95. The quantitative estimate of drug-likeness (QED) is 0.404. The number of rotatable bonds is 9. The summed E-state index contributed by atoms with van der Waals surface area (Å²) in [5.41, 5.74) is 0. The van der Waals surface area contributed by atoms with Gasteiger partial charge in [0.2, 0.25) is 0 Å². The van der Waals surface area contributed by atoms with Crippen molar-refractivity contribution in [3.63, 3.8) is 0 Å². The van der Waals surface area contributed by atoms with E-state index in [1.807, 2.05) is 0 Å². The summed E-state index contributed by atoms with van der Waals surface area (Å²) in [5.74, 6) is -0.0207. The first-order valence-corrected chi connectivity index (χ1v) is 6.89. The minimum absolute atomic E-state index is 0.00627. The maximum Gasteiger partial charge on any atom is 0.305 e. The van der Waals surface area contributed by atoms with Crippen LogP contribution in [0.25, 0.3) is 0 Å². The van der Waals surface area contributed by atoms with Crippen molar-refractivity contribution < 1.29 is 14.6 Å². The molecule has 0 rings (SSSR count). The van der Waals surface area contributed by atoms with Gasteiger partial charge < -0.3 is 9.84 Å². The fraction of sp³-hybridized carbons (Fsp3) is 0.917. The van der Waals surface area contributed by atoms with Crippen molar-refractivity contribution in [2.45, 2.75) is 50.3 Å². The minimum Gasteiger partial charge on any atom is -0.469 e. The molecular weight excluding hydrogens is 272 g/mol. The summed E-state index contributed by atoms with van der Waals surface area (Å²) in [6, 6.07) is 0. The average molecular weight is 295 g/mol. The summed E-state index contributed by atoms with van der Waals surface area (Å²) < 4.78 is 4.66. The zero-order valence-electron chi connectivity index (χ0n) is 10.2. The molecule has 0 aromatic rings. The molecule has 3 nitrogen and oxygen atoms in total. The molecule has 0 radical (unpaired) electrons. The number of aliphatic hydroxyl groups is 1. The SMILES string of the molecule is CCCCCC[C@H](CC(=O)OC)[C@H](Br)CO. The van der Waals surface area contributed by atoms with Gasteiger partial charge in [-0.05, 0) is 12.3 Å². The molecule has 0 amide bonds. The molecule has 0 heterocycles. The zero-order chi connectivity index (χ0) is 12.4. The minimum atomic E-state index is -0.196. The number of methoxy groups -OCH3 is 1. The van der Waals surface area contributed by atoms with Crippen LogP contribution in [0.4, 0.5) is 0 Å². The van der Waals surface area contributed by atoms with Crippen molar-refractivity contribution in [2.75, 3.05) is 13.7 Å². The lowest BCUT2D eigenvalue weighted by atomic mass is 9.94. The second-order valence-electron chi connectivity index (χ2n) is 4.09. The second-order valence-corrected chi connectivity index (χ2v) is 5.26. The average Bonchev–Trinajstić information content (AvgIpc) is 2.31. The fourth-order valence-electron chi connectivity index (χ4n) is 1.69. The second kappa shape index (κ2) is 10.1. The number of unbranched alkanes of at least 4 members (excludes halogenated alkanes) is 3. The number of carbonyl (C=O) groups excluding carboxylic acids is 1. The van der Waals surface area contributed by atoms with Gasteiger partial charge in [0.25, 0.3) is 0 Å². The van der Waals surface area contributed by atoms with Crippen LogP contribution in [0.5, 0.6) is 0 Å². The van der Waals surface area contributed by atoms with E-state index in [4.69, 9.17) is 5.11 Å². The maximum absolute atomic E-state index is 11.2. The van der Waals surface area contributed by atoms with Crippen LogP contribution in [0.3, 0.4) is 0 Å². The summed E-state index contributed by atoms with van der Waals surface area (Å²) in [6.45, 7) is 2.24. The summed E-state index contributed by atoms with van der Waals surface area (Å²) in [6.07, 6.45) is 6.10. The van der Waals surface area contributed by atoms with Gasteiger partial charge in [0.05, 0.1) is 13.7 Å². The lowest BCUT2D eigenvalue weighted by Gasteiger charge is -2.19. The van der Waals surface area contributed by atoms with Crippen LogP contribution in [0.15, 0.2) is 0 Å². The van der Waals surface area contributed by atoms with Gasteiger partial charge in [0.15, 0.2) is 0 Å². The topological polar surface area (TPSA) is 46.5 Å². The molecule has 0 unspecified atom stereocenters. The van der Waals surface area contributed by atoms with E-state index in [-0.39, 0.29) is 23.3 Å². The number of aliphatic hydroxyl groups excluding tert-OH is 1. The van der Waals surface area contributed by atoms with E-state index >= 15 is 0 Å². The number of carbonyl (C=O) groups is 1. The van der Waals surface area contributed by atoms with Gasteiger partial charge in [-0.3, -0.25) is 4.79 Å². The molecule has 0 aromatic carbocycles. The molecular formula is C12H23BrO3. The van der Waals surface area contributed by atoms with Crippen LogP contribution in [-0.2, 0) is 9.53 Å². The van der Waals surface area contributed by atoms with Crippen LogP contribution in [0.1, 0.15) is 45.4 Å². The largest absolute Gasteiger partial charge is 0.469 e. The third kappa shape index (κ3) is 7.23. The Morgan fingerprint density at radius 3 is 2.56 bits per heavy atom. The Bertz CT molecular complexity index is 185. The van der Waals surface area contributed by atoms with Crippen LogP contribution in [0, 0.1) is 5.92 Å². The normalized spacial score (nSPS) is 14.5. The summed E-state index contributed by atoms with van der Waals surface area (Å²) in [7, 11) is 1.40. The molecule has 1 N–H and O–H groups in total. The number of hydrogen-bond acceptors (Lipinski definition) is 3. The van der Waals surface area contributed by atoms with E-state index in [1.165, 1.54) is 26.4 Å². The highest BCUT2D eigenvalue weighted by molar-refractivity contribution is 9.09. The van der Waals surface area contributed by atoms with Gasteiger partial charge >= 0.3 is 5.97 Å². The van der Waals surface area contributed by atoms with Crippen LogP contribution in [0.2, 0.25) is 0 Å². The zero-order valence-corrected chi connectivity index (χ0v) is 11.8. The summed E-state index contributed by atoms with van der Waals surface area (Å²) in [4.78, 5) is 11.2. The standard InChI is InChI=1S/C12H23BrO3/c1-3-4-5-6-7-10(11(13)9-14)8-12(15)16-2/h10-11,14H,3-9H2,1-2H3/t10-,11-/m1/s1. The predicted molar refractivity (Wildman–Crippen MR) is 68.7 cm³/mol. The van der Waals surface area contributed by atoms with Crippen molar-refractivity contribution >= 4 is 21.9 Å². The lowest BCUT2D eigenvalue weighted by Crippen LogP contribution is -2.22. The third-order valence-corrected chi connectivity index (χ3v) is 3.81. The number of ether oxygens (including phenoxy) is 1. The molecule has 0 aromatic heterocycles. The number of alkyl halides is 1. The summed E-state index contributed by atoms with van der Waals surface area (Å²) >= 11 is 3.41. The first kappa shape index (κ1) is 15.9. The van der Waals surface area contributed by atoms with Gasteiger partial charge in [-0.1, -0.05) is 48.5 Å². The van der Waals surface area contributed by atoms with Gasteiger partial charge in [0.1, 0.15) is 0 Å². The fourth-order valence-corrected chi connectivity index (χ4v) is 2.14. The predicted octanol–water partition coefficient (Wildman–Crippen LogP) is 2.89. The van der Waals surface area contributed by atoms with Gasteiger partial charge in [-0.15, -0.1) is 0 Å². The highest BCUT2D eigenvalue weighted by Crippen LogP contribution is 2.23. The molecule has 0 saturated heterocycles. The monoisotopic (exact) mass is 294 g/mol. The third-order valence-electron chi connectivity index (χ3n) is 2.77. The Hall–Kier alpha value is -0.0900. The Kier molecular flexibility index (Phi) is 10.0. The molecule has 2 atom stereocenters. The van der Waals surface area contributed by atoms with E-state index in [1.54, 1.807) is 0 Å². The molecule has 0 aliphatic heterocycles. The van der Waals surface area contributed by atoms with Crippen molar-refractivity contribution in [1.82, 2.24) is 0 Å². The lowest BCUT2D eigenvalue weighted by molar-refractivity contribution is -0.141. The van der Waals surface area contributed by atoms with E-state index in [2.05, 4.69) is 27.6 Å². The first-order valence-electron chi connectivity index (χ1n) is 5.97. The van der Waals surface area contributed by atoms with Gasteiger partial charge in [-0.25, -0.2) is 0 Å². The molecule has 0 fully saturated rings. The highest BCUT2D eigenvalue weighted by Gasteiger charge is 2.21. The number of esters is 1. The first-order chi connectivity index (χ1) is 7.65. The number of halogens is 1. The van der Waals surface area contributed by atoms with Gasteiger partial charge in [0, 0.05) is 11.2 Å². The molecule has 0 aliphatic carbocycles. The Labute approximate surface area is 107 Å². The Morgan fingerprint density at radius 2 is 2.06 bits per heavy atom. The highest BCUT2D eigenvalue weighted by atomic mass is 79.9. The molecule has 0 aliphatic rings. The van der Waals surface area contributed by atoms with E-state index < -0.39 is 0 Å². The van der Waals surface area contributed by atoms with Crippen molar-refractivity contribution in [1.29, 1.82) is 0 Å². The van der Waals surface area contributed by atoms with E-state index in [0.717, 1.165) is 12.8 Å². The molecule has 0 bridgehead atoms. The van der Waals surface area contributed by atoms with Crippen molar-refractivity contribution in [2.24, 2.45) is 5.92 Å². The van der Waals surface area contributed by atoms with Crippen LogP contribution < -0.4 is 0 Å². The molecule has 16 heavy (non-hydrogen) atoms. The Morgan fingerprint density at radius 1 is 1.38 bits per heavy atom. The van der Waals surface area contributed by atoms with E-state index in [0.29, 0.717) is 6.42 Å². The van der Waals surface area contributed by atoms with Crippen molar-refractivity contribution in [3.05, 3.63) is 0 Å². The van der Waals surface area contributed by atoms with E-state index in [9.17, 15) is 4.79 Å². The summed E-state index contributed by atoms with van der Waals surface area (Å²) in [5, 5.41) is 9.09.